The molecule has 0 bridgehead atoms. The van der Waals surface area contributed by atoms with Gasteiger partial charge in [0.05, 0.1) is 13.2 Å². The topological polar surface area (TPSA) is 88.0 Å². The van der Waals surface area contributed by atoms with Gasteiger partial charge < -0.3 is 25.0 Å². The first kappa shape index (κ1) is 14.4. The number of hydrogen-bond donors (Lipinski definition) is 3. The summed E-state index contributed by atoms with van der Waals surface area (Å²) in [5.41, 5.74) is -2.53. The summed E-state index contributed by atoms with van der Waals surface area (Å²) in [7, 11) is 1.22. The lowest BCUT2D eigenvalue weighted by Crippen LogP contribution is -2.52. The van der Waals surface area contributed by atoms with Crippen LogP contribution in [0.2, 0.25) is 0 Å². The van der Waals surface area contributed by atoms with Crippen LogP contribution in [0.4, 0.5) is 0 Å². The molecule has 0 aromatic heterocycles. The van der Waals surface area contributed by atoms with Gasteiger partial charge in [0.15, 0.2) is 5.60 Å². The molecule has 3 unspecified atom stereocenters. The number of methoxy groups -OCH3 is 1. The lowest BCUT2D eigenvalue weighted by Gasteiger charge is -2.28. The van der Waals surface area contributed by atoms with Crippen LogP contribution in [0.15, 0.2) is 0 Å². The van der Waals surface area contributed by atoms with E-state index in [1.54, 1.807) is 6.92 Å². The third-order valence-electron chi connectivity index (χ3n) is 3.19. The van der Waals surface area contributed by atoms with Gasteiger partial charge in [-0.05, 0) is 13.8 Å². The lowest BCUT2D eigenvalue weighted by atomic mass is 9.96. The Balaban J connectivity index is 2.39. The molecule has 1 heterocycles. The highest BCUT2D eigenvalue weighted by molar-refractivity contribution is 5.78. The summed E-state index contributed by atoms with van der Waals surface area (Å²) in [5.74, 6) is -0.701. The van der Waals surface area contributed by atoms with Crippen molar-refractivity contribution in [2.75, 3.05) is 26.8 Å². The first-order chi connectivity index (χ1) is 7.82. The summed E-state index contributed by atoms with van der Waals surface area (Å²) in [6.45, 7) is 3.97. The van der Waals surface area contributed by atoms with Crippen LogP contribution in [0.5, 0.6) is 0 Å². The fourth-order valence-corrected chi connectivity index (χ4v) is 1.82. The molecule has 6 heteroatoms. The van der Waals surface area contributed by atoms with E-state index in [9.17, 15) is 15.0 Å². The van der Waals surface area contributed by atoms with Crippen molar-refractivity contribution < 1.29 is 24.5 Å². The molecule has 0 amide bonds. The number of esters is 1. The molecule has 0 radical (unpaired) electrons. The fraction of sp³-hybridized carbons (Fsp3) is 0.909. The zero-order valence-corrected chi connectivity index (χ0v) is 10.5. The largest absolute Gasteiger partial charge is 0.467 e. The van der Waals surface area contributed by atoms with Gasteiger partial charge in [0.1, 0.15) is 5.60 Å². The summed E-state index contributed by atoms with van der Waals surface area (Å²) in [6, 6.07) is 0. The maximum Gasteiger partial charge on any atom is 0.338 e. The number of carbonyl (C=O) groups is 1. The van der Waals surface area contributed by atoms with Crippen LogP contribution in [-0.2, 0) is 14.3 Å². The predicted molar refractivity (Wildman–Crippen MR) is 60.5 cm³/mol. The van der Waals surface area contributed by atoms with Gasteiger partial charge in [-0.3, -0.25) is 0 Å². The third kappa shape index (κ3) is 3.38. The van der Waals surface area contributed by atoms with Gasteiger partial charge in [-0.25, -0.2) is 4.79 Å². The molecule has 0 aromatic carbocycles. The Hall–Kier alpha value is -0.690. The van der Waals surface area contributed by atoms with Gasteiger partial charge in [0.25, 0.3) is 0 Å². The molecule has 1 saturated heterocycles. The molecule has 0 saturated carbocycles. The van der Waals surface area contributed by atoms with Crippen LogP contribution < -0.4 is 5.32 Å². The molecule has 17 heavy (non-hydrogen) atoms. The van der Waals surface area contributed by atoms with E-state index in [-0.39, 0.29) is 19.2 Å². The highest BCUT2D eigenvalue weighted by atomic mass is 16.5. The molecular formula is C11H21NO5. The van der Waals surface area contributed by atoms with Crippen LogP contribution in [0.1, 0.15) is 20.3 Å². The zero-order valence-electron chi connectivity index (χ0n) is 10.5. The van der Waals surface area contributed by atoms with Crippen LogP contribution in [-0.4, -0.2) is 60.3 Å². The first-order valence-electron chi connectivity index (χ1n) is 5.67. The fourth-order valence-electron chi connectivity index (χ4n) is 1.82. The molecule has 1 rings (SSSR count). The molecule has 1 aliphatic heterocycles. The zero-order chi connectivity index (χ0) is 13.1. The second-order valence-electron chi connectivity index (χ2n) is 4.74. The van der Waals surface area contributed by atoms with Crippen LogP contribution in [0, 0.1) is 0 Å². The second-order valence-corrected chi connectivity index (χ2v) is 4.74. The average molecular weight is 247 g/mol. The minimum absolute atomic E-state index is 0.0225. The highest BCUT2D eigenvalue weighted by Crippen LogP contribution is 2.24. The maximum atomic E-state index is 11.2. The average Bonchev–Trinajstić information content (AvgIpc) is 2.58. The Morgan fingerprint density at radius 2 is 2.35 bits per heavy atom. The van der Waals surface area contributed by atoms with E-state index >= 15 is 0 Å². The van der Waals surface area contributed by atoms with Crippen LogP contribution in [0.25, 0.3) is 0 Å². The predicted octanol–water partition coefficient (Wildman–Crippen LogP) is -0.960. The van der Waals surface area contributed by atoms with E-state index in [1.807, 2.05) is 0 Å². The van der Waals surface area contributed by atoms with Crippen molar-refractivity contribution >= 4 is 5.97 Å². The van der Waals surface area contributed by atoms with Crippen molar-refractivity contribution in [1.82, 2.24) is 5.32 Å². The number of nitrogens with one attached hydrogen (secondary N) is 1. The summed E-state index contributed by atoms with van der Waals surface area (Å²) >= 11 is 0. The molecule has 1 aliphatic rings. The SMILES string of the molecule is COC(=O)C(C)(O)CNCC1(O)CCOC1C. The van der Waals surface area contributed by atoms with Gasteiger partial charge in [-0.1, -0.05) is 0 Å². The minimum Gasteiger partial charge on any atom is -0.467 e. The Labute approximate surface area is 101 Å². The molecule has 3 atom stereocenters. The van der Waals surface area contributed by atoms with E-state index in [0.29, 0.717) is 13.0 Å². The lowest BCUT2D eigenvalue weighted by molar-refractivity contribution is -0.160. The highest BCUT2D eigenvalue weighted by Gasteiger charge is 2.40. The van der Waals surface area contributed by atoms with Crippen molar-refractivity contribution in [3.8, 4) is 0 Å². The van der Waals surface area contributed by atoms with E-state index in [4.69, 9.17) is 4.74 Å². The molecule has 100 valence electrons. The molecule has 0 aliphatic carbocycles. The van der Waals surface area contributed by atoms with E-state index in [1.165, 1.54) is 14.0 Å². The number of carbonyl (C=O) groups excluding carboxylic acids is 1. The first-order valence-corrected chi connectivity index (χ1v) is 5.67. The number of aliphatic hydroxyl groups is 2. The Morgan fingerprint density at radius 1 is 1.71 bits per heavy atom. The molecule has 0 aromatic rings. The van der Waals surface area contributed by atoms with Crippen molar-refractivity contribution in [3.63, 3.8) is 0 Å². The van der Waals surface area contributed by atoms with Crippen molar-refractivity contribution in [2.24, 2.45) is 0 Å². The van der Waals surface area contributed by atoms with Crippen molar-refractivity contribution in [2.45, 2.75) is 37.6 Å². The molecule has 1 fully saturated rings. The van der Waals surface area contributed by atoms with Crippen LogP contribution >= 0.6 is 0 Å². The smallest absolute Gasteiger partial charge is 0.338 e. The number of rotatable bonds is 5. The number of ether oxygens (including phenoxy) is 2. The summed E-state index contributed by atoms with van der Waals surface area (Å²) in [5, 5.41) is 22.8. The van der Waals surface area contributed by atoms with Gasteiger partial charge in [0, 0.05) is 26.1 Å². The Bertz CT molecular complexity index is 281. The number of hydrogen-bond acceptors (Lipinski definition) is 6. The van der Waals surface area contributed by atoms with Crippen molar-refractivity contribution in [1.29, 1.82) is 0 Å². The standard InChI is InChI=1S/C11H21NO5/c1-8-11(15,4-5-17-8)7-12-6-10(2,14)9(13)16-3/h8,12,14-15H,4-7H2,1-3H3. The monoisotopic (exact) mass is 247 g/mol. The quantitative estimate of drug-likeness (QED) is 0.542. The minimum atomic E-state index is -1.59. The molecule has 3 N–H and O–H groups in total. The molecule has 0 spiro atoms. The molecule has 6 nitrogen and oxygen atoms in total. The van der Waals surface area contributed by atoms with Gasteiger partial charge in [-0.2, -0.15) is 0 Å². The Morgan fingerprint density at radius 3 is 2.82 bits per heavy atom. The summed E-state index contributed by atoms with van der Waals surface area (Å²) in [6.07, 6.45) is 0.291. The van der Waals surface area contributed by atoms with Crippen LogP contribution in [0.3, 0.4) is 0 Å². The van der Waals surface area contributed by atoms with E-state index in [0.717, 1.165) is 0 Å². The van der Waals surface area contributed by atoms with E-state index in [2.05, 4.69) is 10.1 Å². The van der Waals surface area contributed by atoms with Gasteiger partial charge in [-0.15, -0.1) is 0 Å². The second kappa shape index (κ2) is 5.30. The third-order valence-corrected chi connectivity index (χ3v) is 3.19. The van der Waals surface area contributed by atoms with Crippen molar-refractivity contribution in [3.05, 3.63) is 0 Å². The Kier molecular flexibility index (Phi) is 4.48. The normalized spacial score (nSPS) is 32.2. The summed E-state index contributed by atoms with van der Waals surface area (Å²) in [4.78, 5) is 11.2. The van der Waals surface area contributed by atoms with Gasteiger partial charge >= 0.3 is 5.97 Å². The van der Waals surface area contributed by atoms with Gasteiger partial charge in [0.2, 0.25) is 0 Å². The summed E-state index contributed by atoms with van der Waals surface area (Å²) < 4.78 is 9.74. The van der Waals surface area contributed by atoms with E-state index < -0.39 is 17.2 Å². The molecular weight excluding hydrogens is 226 g/mol. The maximum absolute atomic E-state index is 11.2.